The first-order valence-electron chi connectivity index (χ1n) is 10.5. The molecule has 3 aromatic carbocycles. The third-order valence-electron chi connectivity index (χ3n) is 5.30. The number of carbonyl (C=O) groups is 1. The molecule has 0 unspecified atom stereocenters. The topological polar surface area (TPSA) is 88.5 Å². The second kappa shape index (κ2) is 8.85. The monoisotopic (exact) mass is 422 g/mol. The summed E-state index contributed by atoms with van der Waals surface area (Å²) in [7, 11) is 0. The van der Waals surface area contributed by atoms with E-state index in [1.54, 1.807) is 11.0 Å². The molecule has 2 aromatic heterocycles. The van der Waals surface area contributed by atoms with E-state index in [9.17, 15) is 4.79 Å². The van der Waals surface area contributed by atoms with Gasteiger partial charge in [-0.3, -0.25) is 4.79 Å². The summed E-state index contributed by atoms with van der Waals surface area (Å²) in [6.07, 6.45) is 4.81. The largest absolute Gasteiger partial charge is 0.342 e. The number of aromatic amines is 1. The number of para-hydroxylation sites is 2. The Morgan fingerprint density at radius 3 is 2.62 bits per heavy atom. The maximum absolute atomic E-state index is 12.7. The van der Waals surface area contributed by atoms with Crippen molar-refractivity contribution in [3.05, 3.63) is 108 Å². The van der Waals surface area contributed by atoms with Crippen molar-refractivity contribution in [2.75, 3.05) is 5.32 Å². The van der Waals surface area contributed by atoms with Gasteiger partial charge in [0.15, 0.2) is 0 Å². The number of rotatable bonds is 7. The van der Waals surface area contributed by atoms with E-state index in [-0.39, 0.29) is 5.91 Å². The van der Waals surface area contributed by atoms with E-state index >= 15 is 0 Å². The Morgan fingerprint density at radius 1 is 0.938 bits per heavy atom. The molecule has 0 aliphatic carbocycles. The third kappa shape index (κ3) is 4.57. The zero-order valence-corrected chi connectivity index (χ0v) is 17.4. The van der Waals surface area contributed by atoms with Crippen LogP contribution < -0.4 is 5.32 Å². The molecule has 2 N–H and O–H groups in total. The molecule has 0 spiro atoms. The molecule has 1 amide bonds. The maximum Gasteiger partial charge on any atom is 0.255 e. The number of hydrogen-bond donors (Lipinski definition) is 2. The number of H-pyrrole nitrogens is 1. The van der Waals surface area contributed by atoms with Crippen molar-refractivity contribution in [2.24, 2.45) is 0 Å². The number of benzene rings is 3. The second-order valence-electron chi connectivity index (χ2n) is 7.65. The second-order valence-corrected chi connectivity index (χ2v) is 7.65. The van der Waals surface area contributed by atoms with Crippen molar-refractivity contribution in [1.82, 2.24) is 24.7 Å². The highest BCUT2D eigenvalue weighted by molar-refractivity contribution is 6.04. The molecule has 0 aliphatic heterocycles. The van der Waals surface area contributed by atoms with Gasteiger partial charge in [0.1, 0.15) is 18.5 Å². The number of imidazole rings is 1. The van der Waals surface area contributed by atoms with Crippen molar-refractivity contribution < 1.29 is 4.79 Å². The van der Waals surface area contributed by atoms with Crippen LogP contribution in [0.15, 0.2) is 85.5 Å². The highest BCUT2D eigenvalue weighted by Gasteiger charge is 2.08. The Kier molecular flexibility index (Phi) is 5.45. The molecule has 2 heterocycles. The summed E-state index contributed by atoms with van der Waals surface area (Å²) in [5, 5.41) is 7.09. The van der Waals surface area contributed by atoms with E-state index in [1.165, 1.54) is 6.33 Å². The predicted molar refractivity (Wildman–Crippen MR) is 123 cm³/mol. The smallest absolute Gasteiger partial charge is 0.255 e. The SMILES string of the molecule is O=C(Nc1cccc(CCc2nc3ccccc3[nH]2)c1)c1ccc(Cn2cncn2)cc1. The number of fused-ring (bicyclic) bond motifs is 1. The summed E-state index contributed by atoms with van der Waals surface area (Å²) < 4.78 is 1.74. The molecule has 158 valence electrons. The predicted octanol–water partition coefficient (Wildman–Crippen LogP) is 4.24. The summed E-state index contributed by atoms with van der Waals surface area (Å²) in [5.41, 5.74) is 5.63. The number of aromatic nitrogens is 5. The Morgan fingerprint density at radius 2 is 1.81 bits per heavy atom. The lowest BCUT2D eigenvalue weighted by Gasteiger charge is -2.08. The van der Waals surface area contributed by atoms with Crippen LogP contribution in [0.3, 0.4) is 0 Å². The molecular formula is C25H22N6O. The van der Waals surface area contributed by atoms with Gasteiger partial charge < -0.3 is 10.3 Å². The van der Waals surface area contributed by atoms with Gasteiger partial charge in [0.2, 0.25) is 0 Å². The highest BCUT2D eigenvalue weighted by atomic mass is 16.1. The van der Waals surface area contributed by atoms with Crippen LogP contribution in [0.1, 0.15) is 27.3 Å². The molecule has 0 bridgehead atoms. The van der Waals surface area contributed by atoms with Gasteiger partial charge in [0, 0.05) is 17.7 Å². The van der Waals surface area contributed by atoms with Crippen LogP contribution in [0, 0.1) is 0 Å². The lowest BCUT2D eigenvalue weighted by Crippen LogP contribution is -2.12. The quantitative estimate of drug-likeness (QED) is 0.411. The van der Waals surface area contributed by atoms with Crippen molar-refractivity contribution in [3.63, 3.8) is 0 Å². The van der Waals surface area contributed by atoms with Gasteiger partial charge in [0.25, 0.3) is 5.91 Å². The van der Waals surface area contributed by atoms with Gasteiger partial charge in [-0.1, -0.05) is 36.4 Å². The van der Waals surface area contributed by atoms with Crippen LogP contribution >= 0.6 is 0 Å². The van der Waals surface area contributed by atoms with E-state index < -0.39 is 0 Å². The van der Waals surface area contributed by atoms with Gasteiger partial charge in [0.05, 0.1) is 17.6 Å². The lowest BCUT2D eigenvalue weighted by atomic mass is 10.1. The van der Waals surface area contributed by atoms with Crippen LogP contribution in [0.4, 0.5) is 5.69 Å². The van der Waals surface area contributed by atoms with Gasteiger partial charge >= 0.3 is 0 Å². The fourth-order valence-corrected chi connectivity index (χ4v) is 3.66. The molecule has 32 heavy (non-hydrogen) atoms. The fraction of sp³-hybridized carbons (Fsp3) is 0.120. The summed E-state index contributed by atoms with van der Waals surface area (Å²) in [6.45, 7) is 0.620. The number of hydrogen-bond acceptors (Lipinski definition) is 4. The first-order chi connectivity index (χ1) is 15.7. The van der Waals surface area contributed by atoms with Crippen molar-refractivity contribution in [2.45, 2.75) is 19.4 Å². The van der Waals surface area contributed by atoms with E-state index in [1.807, 2.05) is 66.7 Å². The zero-order valence-electron chi connectivity index (χ0n) is 17.4. The number of anilines is 1. The molecule has 0 saturated heterocycles. The molecule has 0 radical (unpaired) electrons. The number of nitrogens with one attached hydrogen (secondary N) is 2. The molecule has 0 fully saturated rings. The average molecular weight is 422 g/mol. The minimum Gasteiger partial charge on any atom is -0.342 e. The number of aryl methyl sites for hydroxylation is 2. The maximum atomic E-state index is 12.7. The first kappa shape index (κ1) is 19.7. The fourth-order valence-electron chi connectivity index (χ4n) is 3.66. The van der Waals surface area contributed by atoms with Crippen LogP contribution in [0.25, 0.3) is 11.0 Å². The molecule has 0 atom stereocenters. The Bertz CT molecular complexity index is 1310. The molecule has 0 aliphatic rings. The van der Waals surface area contributed by atoms with Crippen LogP contribution in [0.5, 0.6) is 0 Å². The van der Waals surface area contributed by atoms with E-state index in [0.717, 1.165) is 46.5 Å². The average Bonchev–Trinajstić information content (AvgIpc) is 3.48. The normalized spacial score (nSPS) is 11.0. The summed E-state index contributed by atoms with van der Waals surface area (Å²) in [4.78, 5) is 24.6. The van der Waals surface area contributed by atoms with Crippen LogP contribution in [-0.2, 0) is 19.4 Å². The Labute approximate surface area is 185 Å². The standard InChI is InChI=1S/C25H22N6O/c32-25(20-11-8-19(9-12-20)15-31-17-26-16-27-31)28-21-5-3-4-18(14-21)10-13-24-29-22-6-1-2-7-23(22)30-24/h1-9,11-12,14,16-17H,10,13,15H2,(H,28,32)(H,29,30). The Hall–Kier alpha value is -4.26. The minimum absolute atomic E-state index is 0.133. The molecule has 7 heteroatoms. The molecular weight excluding hydrogens is 400 g/mol. The summed E-state index contributed by atoms with van der Waals surface area (Å²) in [6, 6.07) is 23.5. The molecule has 5 aromatic rings. The third-order valence-corrected chi connectivity index (χ3v) is 5.30. The minimum atomic E-state index is -0.133. The van der Waals surface area contributed by atoms with E-state index in [0.29, 0.717) is 12.1 Å². The van der Waals surface area contributed by atoms with Gasteiger partial charge in [-0.2, -0.15) is 5.10 Å². The van der Waals surface area contributed by atoms with Gasteiger partial charge in [-0.05, 0) is 53.9 Å². The summed E-state index contributed by atoms with van der Waals surface area (Å²) >= 11 is 0. The number of amides is 1. The van der Waals surface area contributed by atoms with Gasteiger partial charge in [-0.25, -0.2) is 14.6 Å². The molecule has 7 nitrogen and oxygen atoms in total. The van der Waals surface area contributed by atoms with Crippen LogP contribution in [-0.4, -0.2) is 30.6 Å². The Balaban J connectivity index is 1.20. The van der Waals surface area contributed by atoms with E-state index in [4.69, 9.17) is 0 Å². The molecule has 0 saturated carbocycles. The number of carbonyl (C=O) groups excluding carboxylic acids is 1. The van der Waals surface area contributed by atoms with Gasteiger partial charge in [-0.15, -0.1) is 0 Å². The van der Waals surface area contributed by atoms with Crippen molar-refractivity contribution >= 4 is 22.6 Å². The summed E-state index contributed by atoms with van der Waals surface area (Å²) in [5.74, 6) is 0.832. The molecule has 5 rings (SSSR count). The van der Waals surface area contributed by atoms with Crippen LogP contribution in [0.2, 0.25) is 0 Å². The highest BCUT2D eigenvalue weighted by Crippen LogP contribution is 2.16. The van der Waals surface area contributed by atoms with Crippen molar-refractivity contribution in [3.8, 4) is 0 Å². The first-order valence-corrected chi connectivity index (χ1v) is 10.5. The lowest BCUT2D eigenvalue weighted by molar-refractivity contribution is 0.102. The zero-order chi connectivity index (χ0) is 21.8. The van der Waals surface area contributed by atoms with E-state index in [2.05, 4.69) is 31.4 Å². The van der Waals surface area contributed by atoms with Crippen molar-refractivity contribution in [1.29, 1.82) is 0 Å². The number of nitrogens with zero attached hydrogens (tertiary/aromatic N) is 4.